The summed E-state index contributed by atoms with van der Waals surface area (Å²) in [5, 5.41) is 2.51. The molecule has 0 saturated carbocycles. The van der Waals surface area contributed by atoms with Gasteiger partial charge in [0.2, 0.25) is 0 Å². The second-order valence-corrected chi connectivity index (χ2v) is 5.15. The summed E-state index contributed by atoms with van der Waals surface area (Å²) in [6.07, 6.45) is -0.576. The highest BCUT2D eigenvalue weighted by atomic mass is 16.5. The molecule has 0 aliphatic rings. The Morgan fingerprint density at radius 1 is 0.885 bits per heavy atom. The summed E-state index contributed by atoms with van der Waals surface area (Å²) in [5.41, 5.74) is 1.17. The molecule has 0 bridgehead atoms. The molecule has 2 rings (SSSR count). The van der Waals surface area contributed by atoms with Crippen LogP contribution in [0.1, 0.15) is 27.6 Å². The highest BCUT2D eigenvalue weighted by molar-refractivity contribution is 5.99. The molecule has 1 N–H and O–H groups in total. The highest BCUT2D eigenvalue weighted by Gasteiger charge is 2.12. The highest BCUT2D eigenvalue weighted by Crippen LogP contribution is 2.13. The van der Waals surface area contributed by atoms with E-state index >= 15 is 0 Å². The number of rotatable bonds is 7. The van der Waals surface area contributed by atoms with Gasteiger partial charge in [0.15, 0.2) is 12.4 Å². The van der Waals surface area contributed by atoms with Crippen LogP contribution in [0.3, 0.4) is 0 Å². The number of hydrogen-bond donors (Lipinski definition) is 1. The van der Waals surface area contributed by atoms with Gasteiger partial charge in [0, 0.05) is 11.3 Å². The molecule has 0 aliphatic heterocycles. The van der Waals surface area contributed by atoms with Crippen LogP contribution < -0.4 is 10.1 Å². The number of nitrogens with one attached hydrogen (secondary N) is 1. The number of carbonyl (C=O) groups excluding carboxylic acids is 3. The van der Waals surface area contributed by atoms with Crippen LogP contribution in [0.5, 0.6) is 5.75 Å². The van der Waals surface area contributed by atoms with E-state index in [0.29, 0.717) is 17.0 Å². The molecule has 0 unspecified atom stereocenters. The lowest BCUT2D eigenvalue weighted by molar-refractivity contribution is 0.0475. The van der Waals surface area contributed by atoms with Crippen molar-refractivity contribution in [3.63, 3.8) is 0 Å². The second-order valence-electron chi connectivity index (χ2n) is 5.15. The van der Waals surface area contributed by atoms with Crippen LogP contribution in [0.2, 0.25) is 0 Å². The topological polar surface area (TPSA) is 90.9 Å². The van der Waals surface area contributed by atoms with Crippen molar-refractivity contribution in [1.82, 2.24) is 0 Å². The molecule has 7 nitrogen and oxygen atoms in total. The molecule has 0 fully saturated rings. The van der Waals surface area contributed by atoms with Crippen LogP contribution in [-0.4, -0.2) is 38.2 Å². The molecule has 0 saturated heterocycles. The van der Waals surface area contributed by atoms with Gasteiger partial charge in [0.1, 0.15) is 5.75 Å². The lowest BCUT2D eigenvalue weighted by Crippen LogP contribution is -2.15. The Hall–Kier alpha value is -3.35. The van der Waals surface area contributed by atoms with Crippen molar-refractivity contribution in [2.24, 2.45) is 0 Å². The van der Waals surface area contributed by atoms with Gasteiger partial charge in [-0.05, 0) is 55.5 Å². The van der Waals surface area contributed by atoms with E-state index in [1.54, 1.807) is 43.3 Å². The summed E-state index contributed by atoms with van der Waals surface area (Å²) in [7, 11) is 1.53. The molecule has 1 amide bonds. The fourth-order valence-corrected chi connectivity index (χ4v) is 2.05. The number of benzene rings is 2. The molecular weight excluding hydrogens is 338 g/mol. The van der Waals surface area contributed by atoms with Crippen LogP contribution in [0.15, 0.2) is 48.5 Å². The third kappa shape index (κ3) is 5.34. The standard InChI is InChI=1S/C19H19NO6/c1-3-25-19(23)20-15-8-4-14(5-9-15)18(22)26-12-17(21)13-6-10-16(24-2)11-7-13/h4-11H,3,12H2,1-2H3,(H,20,23). The maximum Gasteiger partial charge on any atom is 0.411 e. The molecule has 136 valence electrons. The van der Waals surface area contributed by atoms with E-state index in [4.69, 9.17) is 14.2 Å². The summed E-state index contributed by atoms with van der Waals surface area (Å²) < 4.78 is 14.8. The van der Waals surface area contributed by atoms with Gasteiger partial charge in [0.05, 0.1) is 19.3 Å². The number of hydrogen-bond acceptors (Lipinski definition) is 6. The third-order valence-electron chi connectivity index (χ3n) is 3.39. The van der Waals surface area contributed by atoms with E-state index in [2.05, 4.69) is 5.32 Å². The molecule has 0 heterocycles. The van der Waals surface area contributed by atoms with E-state index in [0.717, 1.165) is 0 Å². The first-order valence-electron chi connectivity index (χ1n) is 7.91. The SMILES string of the molecule is CCOC(=O)Nc1ccc(C(=O)OCC(=O)c2ccc(OC)cc2)cc1. The normalized spacial score (nSPS) is 9.92. The summed E-state index contributed by atoms with van der Waals surface area (Å²) in [5.74, 6) is -0.314. The van der Waals surface area contributed by atoms with Crippen molar-refractivity contribution in [3.8, 4) is 5.75 Å². The quantitative estimate of drug-likeness (QED) is 0.604. The number of amides is 1. The first kappa shape index (κ1) is 19.0. The average molecular weight is 357 g/mol. The molecule has 7 heteroatoms. The van der Waals surface area contributed by atoms with Crippen molar-refractivity contribution < 1.29 is 28.6 Å². The number of methoxy groups -OCH3 is 1. The average Bonchev–Trinajstić information content (AvgIpc) is 2.66. The summed E-state index contributed by atoms with van der Waals surface area (Å²) in [6.45, 7) is 1.60. The van der Waals surface area contributed by atoms with Crippen molar-refractivity contribution >= 4 is 23.5 Å². The van der Waals surface area contributed by atoms with Gasteiger partial charge in [-0.1, -0.05) is 0 Å². The maximum atomic E-state index is 12.0. The Labute approximate surface area is 150 Å². The minimum Gasteiger partial charge on any atom is -0.497 e. The maximum absolute atomic E-state index is 12.0. The number of anilines is 1. The first-order chi connectivity index (χ1) is 12.5. The lowest BCUT2D eigenvalue weighted by Gasteiger charge is -2.07. The summed E-state index contributed by atoms with van der Waals surface area (Å²) in [6, 6.07) is 12.6. The van der Waals surface area contributed by atoms with E-state index in [-0.39, 0.29) is 24.6 Å². The minimum absolute atomic E-state index is 0.262. The van der Waals surface area contributed by atoms with Crippen LogP contribution in [-0.2, 0) is 9.47 Å². The van der Waals surface area contributed by atoms with Gasteiger partial charge in [-0.3, -0.25) is 10.1 Å². The van der Waals surface area contributed by atoms with E-state index in [1.165, 1.54) is 19.2 Å². The first-order valence-corrected chi connectivity index (χ1v) is 7.91. The Morgan fingerprint density at radius 3 is 2.08 bits per heavy atom. The fourth-order valence-electron chi connectivity index (χ4n) is 2.05. The Morgan fingerprint density at radius 2 is 1.50 bits per heavy atom. The van der Waals surface area contributed by atoms with Gasteiger partial charge in [-0.2, -0.15) is 0 Å². The van der Waals surface area contributed by atoms with Gasteiger partial charge in [-0.15, -0.1) is 0 Å². The molecule has 0 spiro atoms. The number of carbonyl (C=O) groups is 3. The second kappa shape index (κ2) is 9.22. The zero-order valence-corrected chi connectivity index (χ0v) is 14.5. The van der Waals surface area contributed by atoms with Crippen LogP contribution >= 0.6 is 0 Å². The zero-order valence-electron chi connectivity index (χ0n) is 14.5. The largest absolute Gasteiger partial charge is 0.497 e. The molecular formula is C19H19NO6. The molecule has 0 aliphatic carbocycles. The van der Waals surface area contributed by atoms with Gasteiger partial charge >= 0.3 is 12.1 Å². The van der Waals surface area contributed by atoms with Crippen LogP contribution in [0.25, 0.3) is 0 Å². The Balaban J connectivity index is 1.88. The number of ether oxygens (including phenoxy) is 3. The molecule has 26 heavy (non-hydrogen) atoms. The third-order valence-corrected chi connectivity index (χ3v) is 3.39. The summed E-state index contributed by atoms with van der Waals surface area (Å²) in [4.78, 5) is 35.4. The molecule has 0 radical (unpaired) electrons. The Bertz CT molecular complexity index is 768. The number of esters is 1. The predicted octanol–water partition coefficient (Wildman–Crippen LogP) is 3.30. The van der Waals surface area contributed by atoms with Gasteiger partial charge in [-0.25, -0.2) is 9.59 Å². The molecule has 0 atom stereocenters. The zero-order chi connectivity index (χ0) is 18.9. The van der Waals surface area contributed by atoms with E-state index < -0.39 is 12.1 Å². The summed E-state index contributed by atoms with van der Waals surface area (Å²) >= 11 is 0. The minimum atomic E-state index is -0.630. The van der Waals surface area contributed by atoms with Gasteiger partial charge < -0.3 is 14.2 Å². The molecule has 2 aromatic rings. The van der Waals surface area contributed by atoms with Crippen LogP contribution in [0, 0.1) is 0 Å². The van der Waals surface area contributed by atoms with Crippen LogP contribution in [0.4, 0.5) is 10.5 Å². The molecule has 2 aromatic carbocycles. The van der Waals surface area contributed by atoms with Crippen molar-refractivity contribution in [2.45, 2.75) is 6.92 Å². The molecule has 0 aromatic heterocycles. The fraction of sp³-hybridized carbons (Fsp3) is 0.211. The number of Topliss-reactive ketones (excluding diaryl/α,β-unsaturated/α-hetero) is 1. The number of ketones is 1. The monoisotopic (exact) mass is 357 g/mol. The van der Waals surface area contributed by atoms with Crippen molar-refractivity contribution in [1.29, 1.82) is 0 Å². The lowest BCUT2D eigenvalue weighted by atomic mass is 10.1. The predicted molar refractivity (Wildman–Crippen MR) is 94.7 cm³/mol. The van der Waals surface area contributed by atoms with E-state index in [9.17, 15) is 14.4 Å². The Kier molecular flexibility index (Phi) is 6.73. The van der Waals surface area contributed by atoms with Gasteiger partial charge in [0.25, 0.3) is 0 Å². The smallest absolute Gasteiger partial charge is 0.411 e. The van der Waals surface area contributed by atoms with Crippen molar-refractivity contribution in [3.05, 3.63) is 59.7 Å². The van der Waals surface area contributed by atoms with Crippen molar-refractivity contribution in [2.75, 3.05) is 25.6 Å². The van der Waals surface area contributed by atoms with E-state index in [1.807, 2.05) is 0 Å².